The number of nitrogen functional groups attached to an aromatic ring is 1. The van der Waals surface area contributed by atoms with Gasteiger partial charge < -0.3 is 20.3 Å². The second-order valence-electron chi connectivity index (χ2n) is 6.46. The number of aliphatic hydroxyl groups excluding tert-OH is 1. The van der Waals surface area contributed by atoms with Crippen LogP contribution in [0.5, 0.6) is 5.75 Å². The van der Waals surface area contributed by atoms with E-state index in [-0.39, 0.29) is 6.10 Å². The van der Waals surface area contributed by atoms with Gasteiger partial charge in [-0.25, -0.2) is 0 Å². The highest BCUT2D eigenvalue weighted by Crippen LogP contribution is 2.39. The first-order chi connectivity index (χ1) is 10.2. The highest BCUT2D eigenvalue weighted by Gasteiger charge is 2.40. The van der Waals surface area contributed by atoms with Crippen LogP contribution < -0.4 is 10.5 Å². The van der Waals surface area contributed by atoms with Crippen molar-refractivity contribution < 1.29 is 14.6 Å². The van der Waals surface area contributed by atoms with Crippen molar-refractivity contribution in [1.82, 2.24) is 4.90 Å². The molecule has 0 aliphatic carbocycles. The summed E-state index contributed by atoms with van der Waals surface area (Å²) in [5, 5.41) is 9.92. The molecule has 3 N–H and O–H groups in total. The normalized spacial score (nSPS) is 31.8. The quantitative estimate of drug-likeness (QED) is 0.810. The number of ether oxygens (including phenoxy) is 2. The van der Waals surface area contributed by atoms with Crippen LogP contribution in [0.25, 0.3) is 0 Å². The van der Waals surface area contributed by atoms with Crippen LogP contribution in [0.3, 0.4) is 0 Å². The lowest BCUT2D eigenvalue weighted by Gasteiger charge is -2.37. The van der Waals surface area contributed by atoms with Crippen LogP contribution in [0.1, 0.15) is 36.8 Å². The van der Waals surface area contributed by atoms with Gasteiger partial charge in [-0.3, -0.25) is 4.90 Å². The average molecular weight is 290 g/mol. The number of nitrogens with two attached hydrogens (primary N) is 1. The Bertz CT molecular complexity index is 535. The fourth-order valence-electron chi connectivity index (χ4n) is 4.14. The second kappa shape index (κ2) is 5.16. The Balaban J connectivity index is 1.61. The van der Waals surface area contributed by atoms with Crippen LogP contribution in [-0.2, 0) is 17.9 Å². The molecule has 2 fully saturated rings. The molecule has 21 heavy (non-hydrogen) atoms. The molecule has 2 unspecified atom stereocenters. The predicted octanol–water partition coefficient (Wildman–Crippen LogP) is 1.62. The lowest BCUT2D eigenvalue weighted by Crippen LogP contribution is -2.44. The molecule has 5 nitrogen and oxygen atoms in total. The van der Waals surface area contributed by atoms with E-state index < -0.39 is 0 Å². The molecule has 2 bridgehead atoms. The molecule has 3 heterocycles. The van der Waals surface area contributed by atoms with Crippen molar-refractivity contribution >= 4 is 5.69 Å². The third-order valence-electron chi connectivity index (χ3n) is 5.02. The lowest BCUT2D eigenvalue weighted by molar-refractivity contribution is -0.0184. The molecule has 1 aromatic carbocycles. The van der Waals surface area contributed by atoms with Crippen molar-refractivity contribution in [3.05, 3.63) is 23.3 Å². The highest BCUT2D eigenvalue weighted by atomic mass is 16.7. The number of rotatable bonds is 2. The van der Waals surface area contributed by atoms with Crippen LogP contribution in [-0.4, -0.2) is 35.0 Å². The molecular weight excluding hydrogens is 268 g/mol. The number of aliphatic hydroxyl groups is 1. The van der Waals surface area contributed by atoms with Gasteiger partial charge in [-0.05, 0) is 37.8 Å². The van der Waals surface area contributed by atoms with Gasteiger partial charge in [-0.2, -0.15) is 0 Å². The Labute approximate surface area is 124 Å². The molecule has 5 heteroatoms. The fraction of sp³-hybridized carbons (Fsp3) is 0.625. The van der Waals surface area contributed by atoms with E-state index in [1.807, 2.05) is 12.1 Å². The van der Waals surface area contributed by atoms with Gasteiger partial charge in [0.1, 0.15) is 5.75 Å². The first kappa shape index (κ1) is 13.4. The van der Waals surface area contributed by atoms with Crippen molar-refractivity contribution in [2.45, 2.75) is 57.0 Å². The summed E-state index contributed by atoms with van der Waals surface area (Å²) in [5.74, 6) is 0.945. The van der Waals surface area contributed by atoms with Crippen LogP contribution in [0.4, 0.5) is 5.69 Å². The van der Waals surface area contributed by atoms with E-state index in [0.29, 0.717) is 25.5 Å². The molecule has 0 radical (unpaired) electrons. The van der Waals surface area contributed by atoms with Crippen molar-refractivity contribution in [2.24, 2.45) is 0 Å². The van der Waals surface area contributed by atoms with E-state index in [1.165, 1.54) is 12.8 Å². The Morgan fingerprint density at radius 3 is 2.76 bits per heavy atom. The van der Waals surface area contributed by atoms with Gasteiger partial charge in [0.2, 0.25) is 0 Å². The summed E-state index contributed by atoms with van der Waals surface area (Å²) in [6, 6.07) is 4.95. The van der Waals surface area contributed by atoms with Gasteiger partial charge in [0.15, 0.2) is 6.79 Å². The maximum absolute atomic E-state index is 9.92. The topological polar surface area (TPSA) is 68.0 Å². The molecule has 4 rings (SSSR count). The molecule has 114 valence electrons. The van der Waals surface area contributed by atoms with Gasteiger partial charge in [-0.15, -0.1) is 0 Å². The first-order valence-electron chi connectivity index (χ1n) is 7.76. The minimum absolute atomic E-state index is 0.127. The molecule has 0 amide bonds. The summed E-state index contributed by atoms with van der Waals surface area (Å²) in [7, 11) is 0. The van der Waals surface area contributed by atoms with Gasteiger partial charge in [0.25, 0.3) is 0 Å². The maximum Gasteiger partial charge on any atom is 0.189 e. The largest absolute Gasteiger partial charge is 0.467 e. The molecule has 2 atom stereocenters. The molecule has 0 spiro atoms. The fourth-order valence-corrected chi connectivity index (χ4v) is 4.14. The van der Waals surface area contributed by atoms with Crippen LogP contribution >= 0.6 is 0 Å². The zero-order chi connectivity index (χ0) is 14.4. The highest BCUT2D eigenvalue weighted by molar-refractivity contribution is 5.53. The molecule has 0 saturated carbocycles. The Kier molecular flexibility index (Phi) is 3.28. The van der Waals surface area contributed by atoms with Gasteiger partial charge in [0, 0.05) is 35.4 Å². The van der Waals surface area contributed by atoms with Gasteiger partial charge in [0.05, 0.1) is 12.7 Å². The SMILES string of the molecule is Nc1cc2c(c(CN3C4CCC3CC(O)C4)c1)OCOC2. The van der Waals surface area contributed by atoms with Crippen LogP contribution in [0.2, 0.25) is 0 Å². The molecule has 3 aliphatic heterocycles. The Hall–Kier alpha value is -1.30. The monoisotopic (exact) mass is 290 g/mol. The maximum atomic E-state index is 9.92. The third-order valence-corrected chi connectivity index (χ3v) is 5.02. The summed E-state index contributed by atoms with van der Waals surface area (Å²) in [4.78, 5) is 2.53. The van der Waals surface area contributed by atoms with E-state index in [2.05, 4.69) is 4.90 Å². The molecule has 1 aromatic rings. The number of benzene rings is 1. The molecular formula is C16H22N2O3. The minimum Gasteiger partial charge on any atom is -0.467 e. The van der Waals surface area contributed by atoms with Crippen LogP contribution in [0.15, 0.2) is 12.1 Å². The summed E-state index contributed by atoms with van der Waals surface area (Å²) in [6.07, 6.45) is 4.04. The van der Waals surface area contributed by atoms with Crippen molar-refractivity contribution in [3.63, 3.8) is 0 Å². The summed E-state index contributed by atoms with van der Waals surface area (Å²) in [5.41, 5.74) is 8.99. The summed E-state index contributed by atoms with van der Waals surface area (Å²) < 4.78 is 11.0. The Morgan fingerprint density at radius 2 is 2.00 bits per heavy atom. The van der Waals surface area contributed by atoms with Gasteiger partial charge >= 0.3 is 0 Å². The number of hydrogen-bond acceptors (Lipinski definition) is 5. The van der Waals surface area contributed by atoms with E-state index in [4.69, 9.17) is 15.2 Å². The molecule has 0 aromatic heterocycles. The van der Waals surface area contributed by atoms with E-state index in [1.54, 1.807) is 0 Å². The van der Waals surface area contributed by atoms with E-state index in [0.717, 1.165) is 42.0 Å². The predicted molar refractivity (Wildman–Crippen MR) is 78.7 cm³/mol. The smallest absolute Gasteiger partial charge is 0.189 e. The van der Waals surface area contributed by atoms with Crippen LogP contribution in [0, 0.1) is 0 Å². The zero-order valence-corrected chi connectivity index (χ0v) is 12.1. The molecule has 2 saturated heterocycles. The average Bonchev–Trinajstić information content (AvgIpc) is 2.69. The number of piperidine rings is 1. The lowest BCUT2D eigenvalue weighted by atomic mass is 9.98. The minimum atomic E-state index is -0.127. The number of fused-ring (bicyclic) bond motifs is 3. The summed E-state index contributed by atoms with van der Waals surface area (Å²) in [6.45, 7) is 1.74. The molecule has 3 aliphatic rings. The zero-order valence-electron chi connectivity index (χ0n) is 12.1. The van der Waals surface area contributed by atoms with Crippen molar-refractivity contribution in [2.75, 3.05) is 12.5 Å². The third kappa shape index (κ3) is 2.39. The van der Waals surface area contributed by atoms with Crippen molar-refractivity contribution in [1.29, 1.82) is 0 Å². The summed E-state index contributed by atoms with van der Waals surface area (Å²) >= 11 is 0. The Morgan fingerprint density at radius 1 is 1.24 bits per heavy atom. The first-order valence-corrected chi connectivity index (χ1v) is 7.76. The second-order valence-corrected chi connectivity index (χ2v) is 6.46. The van der Waals surface area contributed by atoms with Gasteiger partial charge in [-0.1, -0.05) is 0 Å². The standard InChI is InChI=1S/C16H22N2O3/c17-12-3-10(16-11(4-12)8-20-9-21-16)7-18-13-1-2-14(18)6-15(19)5-13/h3-4,13-15,19H,1-2,5-9,17H2. The number of nitrogens with zero attached hydrogens (tertiary/aromatic N) is 1. The van der Waals surface area contributed by atoms with E-state index in [9.17, 15) is 5.11 Å². The van der Waals surface area contributed by atoms with E-state index >= 15 is 0 Å². The number of anilines is 1. The number of hydrogen-bond donors (Lipinski definition) is 2. The van der Waals surface area contributed by atoms with Crippen molar-refractivity contribution in [3.8, 4) is 5.75 Å².